The van der Waals surface area contributed by atoms with Crippen molar-refractivity contribution in [1.82, 2.24) is 0 Å². The molecule has 0 saturated heterocycles. The first-order valence-corrected chi connectivity index (χ1v) is 20.9. The lowest BCUT2D eigenvalue weighted by Gasteiger charge is -2.50. The number of aromatic hydroxyl groups is 1. The molecule has 2 N–H and O–H groups in total. The summed E-state index contributed by atoms with van der Waals surface area (Å²) in [4.78, 5) is 26.4. The molecule has 5 saturated carbocycles. The second kappa shape index (κ2) is 15.1. The molecule has 50 heavy (non-hydrogen) atoms. The molecule has 276 valence electrons. The summed E-state index contributed by atoms with van der Waals surface area (Å²) in [5, 5.41) is 20.2. The number of hydrogen-bond acceptors (Lipinski definition) is 5. The van der Waals surface area contributed by atoms with Gasteiger partial charge in [-0.25, -0.2) is 0 Å². The van der Waals surface area contributed by atoms with E-state index in [1.807, 2.05) is 12.1 Å². The topological polar surface area (TPSA) is 83.8 Å². The first-order chi connectivity index (χ1) is 24.0. The minimum Gasteiger partial charge on any atom is -0.508 e. The fraction of sp³-hybridized carbons (Fsp3) is 0.778. The van der Waals surface area contributed by atoms with Gasteiger partial charge in [0.1, 0.15) is 11.5 Å². The van der Waals surface area contributed by atoms with Crippen molar-refractivity contribution in [3.8, 4) is 5.75 Å². The molecule has 0 aliphatic heterocycles. The molecule has 0 aromatic heterocycles. The van der Waals surface area contributed by atoms with Crippen molar-refractivity contribution in [1.29, 1.82) is 0 Å². The maximum absolute atomic E-state index is 13.8. The van der Waals surface area contributed by atoms with E-state index < -0.39 is 0 Å². The minimum absolute atomic E-state index is 0.00125. The fourth-order valence-corrected chi connectivity index (χ4v) is 12.9. The van der Waals surface area contributed by atoms with Crippen LogP contribution in [-0.2, 0) is 20.7 Å². The Morgan fingerprint density at radius 3 is 2.60 bits per heavy atom. The van der Waals surface area contributed by atoms with Crippen LogP contribution in [0.4, 0.5) is 0 Å². The fourth-order valence-electron chi connectivity index (χ4n) is 12.9. The van der Waals surface area contributed by atoms with Crippen LogP contribution in [0.15, 0.2) is 30.4 Å². The van der Waals surface area contributed by atoms with E-state index in [2.05, 4.69) is 45.9 Å². The van der Waals surface area contributed by atoms with Gasteiger partial charge in [-0.2, -0.15) is 0 Å². The number of aliphatic hydroxyl groups excluding tert-OH is 1. The second-order valence-corrected chi connectivity index (χ2v) is 18.7. The summed E-state index contributed by atoms with van der Waals surface area (Å²) >= 11 is 0. The van der Waals surface area contributed by atoms with Gasteiger partial charge in [0, 0.05) is 18.3 Å². The summed E-state index contributed by atoms with van der Waals surface area (Å²) < 4.78 is 6.26. The molecule has 6 aliphatic rings. The zero-order valence-corrected chi connectivity index (χ0v) is 31.5. The lowest BCUT2D eigenvalue weighted by Crippen LogP contribution is -2.44. The summed E-state index contributed by atoms with van der Waals surface area (Å²) in [6, 6.07) is 6.00. The van der Waals surface area contributed by atoms with Crippen molar-refractivity contribution >= 4 is 11.8 Å². The Morgan fingerprint density at radius 2 is 1.78 bits per heavy atom. The van der Waals surface area contributed by atoms with Gasteiger partial charge in [-0.05, 0) is 165 Å². The van der Waals surface area contributed by atoms with Crippen LogP contribution < -0.4 is 0 Å². The molecule has 0 bridgehead atoms. The predicted molar refractivity (Wildman–Crippen MR) is 198 cm³/mol. The molecule has 13 unspecified atom stereocenters. The molecule has 5 nitrogen and oxygen atoms in total. The molecular formula is C45H66O5. The zero-order valence-electron chi connectivity index (χ0n) is 31.5. The number of aliphatic hydroxyl groups is 1. The highest BCUT2D eigenvalue weighted by Gasteiger charge is 2.57. The van der Waals surface area contributed by atoms with Crippen molar-refractivity contribution in [2.45, 2.75) is 142 Å². The van der Waals surface area contributed by atoms with Gasteiger partial charge >= 0.3 is 5.97 Å². The van der Waals surface area contributed by atoms with E-state index in [4.69, 9.17) is 4.74 Å². The standard InChI is InChI=1S/C45H66O5/c1-27(2)32(9-8-28(3)35-17-18-36-29(6-5-7-38(35)36)10-11-31-25-34(47)14-21-43(31)48)26-50-44(49)42-20-19-41-40-15-12-30-24-33(46)13-16-37(30)39(40)22-23-45(41,42)4/h8-9,13,16,24,27-29,31-32,34-36,38-42,46-47H,5-7,10-12,14-15,17-23,25-26H2,1-4H3. The van der Waals surface area contributed by atoms with E-state index in [0.717, 1.165) is 75.0 Å². The molecule has 0 amide bonds. The number of benzene rings is 1. The van der Waals surface area contributed by atoms with Crippen LogP contribution in [0.25, 0.3) is 0 Å². The first kappa shape index (κ1) is 36.2. The number of ketones is 1. The van der Waals surface area contributed by atoms with Gasteiger partial charge in [-0.1, -0.05) is 58.8 Å². The van der Waals surface area contributed by atoms with Crippen LogP contribution in [0.2, 0.25) is 0 Å². The normalized spacial score (nSPS) is 39.4. The van der Waals surface area contributed by atoms with Crippen LogP contribution in [-0.4, -0.2) is 34.7 Å². The van der Waals surface area contributed by atoms with Crippen LogP contribution in [0.3, 0.4) is 0 Å². The van der Waals surface area contributed by atoms with Crippen molar-refractivity contribution < 1.29 is 24.5 Å². The van der Waals surface area contributed by atoms with E-state index >= 15 is 0 Å². The molecule has 0 heterocycles. The summed E-state index contributed by atoms with van der Waals surface area (Å²) in [5.41, 5.74) is 2.79. The lowest BCUT2D eigenvalue weighted by atomic mass is 9.54. The quantitative estimate of drug-likeness (QED) is 0.189. The van der Waals surface area contributed by atoms with E-state index in [1.165, 1.54) is 43.2 Å². The average Bonchev–Trinajstić information content (AvgIpc) is 3.69. The van der Waals surface area contributed by atoms with Crippen LogP contribution >= 0.6 is 0 Å². The second-order valence-electron chi connectivity index (χ2n) is 18.7. The molecule has 0 radical (unpaired) electrons. The summed E-state index contributed by atoms with van der Waals surface area (Å²) in [6.07, 6.45) is 21.7. The highest BCUT2D eigenvalue weighted by Crippen LogP contribution is 2.63. The maximum atomic E-state index is 13.8. The zero-order chi connectivity index (χ0) is 35.2. The maximum Gasteiger partial charge on any atom is 0.309 e. The van der Waals surface area contributed by atoms with E-state index in [1.54, 1.807) is 0 Å². The number of rotatable bonds is 10. The van der Waals surface area contributed by atoms with Crippen LogP contribution in [0.5, 0.6) is 5.75 Å². The van der Waals surface area contributed by atoms with Gasteiger partial charge in [0.2, 0.25) is 0 Å². The Bertz CT molecular complexity index is 1400. The average molecular weight is 687 g/mol. The third kappa shape index (κ3) is 7.12. The molecule has 5 fully saturated rings. The summed E-state index contributed by atoms with van der Waals surface area (Å²) in [5.74, 6) is 6.83. The van der Waals surface area contributed by atoms with Gasteiger partial charge in [0.25, 0.3) is 0 Å². The van der Waals surface area contributed by atoms with Crippen molar-refractivity contribution in [2.24, 2.45) is 70.5 Å². The largest absolute Gasteiger partial charge is 0.508 e. The number of Topliss-reactive ketones (excluding diaryl/α,β-unsaturated/α-hetero) is 1. The van der Waals surface area contributed by atoms with Gasteiger partial charge in [-0.15, -0.1) is 0 Å². The Labute approximate surface area is 302 Å². The number of hydrogen-bond donors (Lipinski definition) is 2. The first-order valence-electron chi connectivity index (χ1n) is 20.9. The van der Waals surface area contributed by atoms with Crippen molar-refractivity contribution in [2.75, 3.05) is 6.61 Å². The number of phenolic OH excluding ortho intramolecular Hbond substituents is 1. The minimum atomic E-state index is -0.282. The smallest absolute Gasteiger partial charge is 0.309 e. The number of aryl methyl sites for hydroxylation is 1. The molecular weight excluding hydrogens is 620 g/mol. The molecule has 1 aromatic rings. The molecule has 13 atom stereocenters. The van der Waals surface area contributed by atoms with Crippen molar-refractivity contribution in [3.63, 3.8) is 0 Å². The van der Waals surface area contributed by atoms with Gasteiger partial charge < -0.3 is 14.9 Å². The Hall–Kier alpha value is -2.14. The molecule has 7 rings (SSSR count). The Balaban J connectivity index is 0.921. The monoisotopic (exact) mass is 686 g/mol. The number of phenols is 1. The number of ether oxygens (including phenoxy) is 1. The molecule has 5 heteroatoms. The predicted octanol–water partition coefficient (Wildman–Crippen LogP) is 9.82. The SMILES string of the molecule is CC(C)C(C=CC(C)C1CCC2C(CCC3CC(O)CCC3=O)CCCC12)COC(=O)C1CCC2C3CCc4cc(O)ccc4C3CCC12C. The van der Waals surface area contributed by atoms with Gasteiger partial charge in [0.15, 0.2) is 0 Å². The number of carbonyl (C=O) groups is 2. The Kier molecular flexibility index (Phi) is 10.9. The van der Waals surface area contributed by atoms with E-state index in [9.17, 15) is 19.8 Å². The summed E-state index contributed by atoms with van der Waals surface area (Å²) in [6.45, 7) is 9.81. The van der Waals surface area contributed by atoms with E-state index in [-0.39, 0.29) is 35.2 Å². The third-order valence-corrected chi connectivity index (χ3v) is 15.9. The third-order valence-electron chi connectivity index (χ3n) is 15.9. The number of esters is 1. The van der Waals surface area contributed by atoms with Gasteiger partial charge in [-0.3, -0.25) is 9.59 Å². The van der Waals surface area contributed by atoms with E-state index in [0.29, 0.717) is 67.0 Å². The highest BCUT2D eigenvalue weighted by atomic mass is 16.5. The number of fused-ring (bicyclic) bond motifs is 6. The van der Waals surface area contributed by atoms with Gasteiger partial charge in [0.05, 0.1) is 18.6 Å². The molecule has 6 aliphatic carbocycles. The number of carbonyl (C=O) groups excluding carboxylic acids is 2. The van der Waals surface area contributed by atoms with Crippen LogP contribution in [0.1, 0.15) is 141 Å². The van der Waals surface area contributed by atoms with Crippen molar-refractivity contribution in [3.05, 3.63) is 41.5 Å². The number of allylic oxidation sites excluding steroid dienone is 1. The molecule has 1 aromatic carbocycles. The summed E-state index contributed by atoms with van der Waals surface area (Å²) in [7, 11) is 0. The molecule has 0 spiro atoms. The Morgan fingerprint density at radius 1 is 0.940 bits per heavy atom. The van der Waals surface area contributed by atoms with Crippen LogP contribution in [0, 0.1) is 70.5 Å². The lowest BCUT2D eigenvalue weighted by molar-refractivity contribution is -0.155. The highest BCUT2D eigenvalue weighted by molar-refractivity contribution is 5.81.